The Bertz CT molecular complexity index is 1180. The van der Waals surface area contributed by atoms with Crippen molar-refractivity contribution in [3.8, 4) is 0 Å². The Morgan fingerprint density at radius 1 is 0.971 bits per heavy atom. The van der Waals surface area contributed by atoms with Crippen LogP contribution in [0.3, 0.4) is 0 Å². The van der Waals surface area contributed by atoms with Crippen molar-refractivity contribution in [1.29, 1.82) is 0 Å². The number of H-pyrrole nitrogens is 1. The summed E-state index contributed by atoms with van der Waals surface area (Å²) in [6.07, 6.45) is -9.05. The molecule has 1 fully saturated rings. The van der Waals surface area contributed by atoms with Crippen molar-refractivity contribution in [1.82, 2.24) is 9.55 Å². The van der Waals surface area contributed by atoms with Crippen LogP contribution in [0.2, 0.25) is 0 Å². The summed E-state index contributed by atoms with van der Waals surface area (Å²) in [5, 5.41) is 2.55. The molecule has 1 aliphatic carbocycles. The summed E-state index contributed by atoms with van der Waals surface area (Å²) in [6, 6.07) is 8.59. The maximum atomic E-state index is 14.3. The largest absolute Gasteiger partial charge is 0.427 e. The normalized spacial score (nSPS) is 18.7. The van der Waals surface area contributed by atoms with Crippen molar-refractivity contribution < 1.29 is 26.3 Å². The van der Waals surface area contributed by atoms with Gasteiger partial charge >= 0.3 is 18.0 Å². The number of hydrogen-bond donors (Lipinski definition) is 2. The first-order valence-electron chi connectivity index (χ1n) is 10.9. The quantitative estimate of drug-likeness (QED) is 0.622. The second-order valence-corrected chi connectivity index (χ2v) is 8.53. The number of aromatic amines is 1. The fraction of sp³-hybridized carbons (Fsp3) is 0.500. The number of aliphatic imine (C=N–C) groups is 1. The van der Waals surface area contributed by atoms with Crippen molar-refractivity contribution in [2.24, 2.45) is 10.9 Å². The lowest BCUT2D eigenvalue weighted by Gasteiger charge is -2.40. The van der Waals surface area contributed by atoms with E-state index in [0.717, 1.165) is 11.0 Å². The molecule has 2 aromatic rings. The van der Waals surface area contributed by atoms with Gasteiger partial charge in [0.2, 0.25) is 0 Å². The third-order valence-electron chi connectivity index (χ3n) is 6.38. The van der Waals surface area contributed by atoms with Crippen LogP contribution in [-0.4, -0.2) is 27.7 Å². The minimum atomic E-state index is -5.98. The van der Waals surface area contributed by atoms with E-state index in [1.54, 1.807) is 35.3 Å². The third-order valence-corrected chi connectivity index (χ3v) is 6.38. The number of halogens is 6. The fourth-order valence-corrected chi connectivity index (χ4v) is 4.66. The molecule has 1 saturated carbocycles. The predicted octanol–water partition coefficient (Wildman–Crippen LogP) is 4.50. The Hall–Kier alpha value is -3.05. The van der Waals surface area contributed by atoms with Gasteiger partial charge in [0.25, 0.3) is 11.1 Å². The van der Waals surface area contributed by atoms with E-state index in [9.17, 15) is 35.9 Å². The molecule has 1 aromatic heterocycles. The van der Waals surface area contributed by atoms with Crippen molar-refractivity contribution in [2.45, 2.75) is 63.0 Å². The molecule has 2 heterocycles. The molecule has 1 aliphatic heterocycles. The molecule has 0 bridgehead atoms. The van der Waals surface area contributed by atoms with Gasteiger partial charge in [0.1, 0.15) is 17.2 Å². The summed E-state index contributed by atoms with van der Waals surface area (Å²) in [5.41, 5.74) is -8.62. The van der Waals surface area contributed by atoms with E-state index in [0.29, 0.717) is 31.2 Å². The Balaban J connectivity index is 1.94. The molecule has 0 unspecified atom stereocenters. The van der Waals surface area contributed by atoms with Gasteiger partial charge in [-0.1, -0.05) is 49.6 Å². The van der Waals surface area contributed by atoms with Crippen LogP contribution < -0.4 is 16.6 Å². The van der Waals surface area contributed by atoms with Crippen LogP contribution in [0.15, 0.2) is 44.9 Å². The number of nitrogens with one attached hydrogen (secondary N) is 2. The lowest BCUT2D eigenvalue weighted by Crippen LogP contribution is -2.59. The van der Waals surface area contributed by atoms with Crippen molar-refractivity contribution >= 4 is 11.7 Å². The van der Waals surface area contributed by atoms with Crippen LogP contribution in [0.5, 0.6) is 0 Å². The van der Waals surface area contributed by atoms with Gasteiger partial charge in [-0.3, -0.25) is 14.3 Å². The van der Waals surface area contributed by atoms with Crippen LogP contribution in [0.4, 0.5) is 32.2 Å². The summed E-state index contributed by atoms with van der Waals surface area (Å²) < 4.78 is 86.4. The number of hydrogen-bond acceptors (Lipinski definition) is 4. The molecule has 0 radical (unpaired) electrons. The second kappa shape index (κ2) is 8.62. The van der Waals surface area contributed by atoms with E-state index in [4.69, 9.17) is 0 Å². The van der Waals surface area contributed by atoms with Crippen LogP contribution in [0.1, 0.15) is 43.2 Å². The van der Waals surface area contributed by atoms with Crippen molar-refractivity contribution in [3.05, 3.63) is 62.3 Å². The van der Waals surface area contributed by atoms with Crippen molar-refractivity contribution in [2.75, 3.05) is 5.32 Å². The van der Waals surface area contributed by atoms with E-state index in [1.165, 1.54) is 0 Å². The average molecular weight is 488 g/mol. The van der Waals surface area contributed by atoms with Gasteiger partial charge in [-0.15, -0.1) is 0 Å². The number of benzene rings is 1. The van der Waals surface area contributed by atoms with Crippen LogP contribution in [-0.2, 0) is 18.5 Å². The highest BCUT2D eigenvalue weighted by atomic mass is 19.4. The zero-order valence-corrected chi connectivity index (χ0v) is 17.9. The molecule has 2 aliphatic rings. The molecule has 2 N–H and O–H groups in total. The molecule has 1 aromatic carbocycles. The zero-order chi connectivity index (χ0) is 24.7. The first kappa shape index (κ1) is 24.1. The highest BCUT2D eigenvalue weighted by Gasteiger charge is 2.75. The lowest BCUT2D eigenvalue weighted by atomic mass is 9.84. The third kappa shape index (κ3) is 4.03. The summed E-state index contributed by atoms with van der Waals surface area (Å²) in [6.45, 7) is -0.251. The maximum Gasteiger partial charge on any atom is 0.427 e. The summed E-state index contributed by atoms with van der Waals surface area (Å²) >= 11 is 0. The predicted molar refractivity (Wildman–Crippen MR) is 113 cm³/mol. The van der Waals surface area contributed by atoms with Crippen LogP contribution in [0, 0.1) is 5.92 Å². The van der Waals surface area contributed by atoms with Gasteiger partial charge < -0.3 is 5.32 Å². The monoisotopic (exact) mass is 488 g/mol. The Kier molecular flexibility index (Phi) is 6.11. The standard InChI is InChI=1S/C22H22F6N4O2/c23-21(24,25)20(22(26,27)28)15-17(29-16(31-20)14-9-5-2-6-10-14)32(19(34)30-18(15)33)12-11-13-7-3-1-4-8-13/h1,3-4,7-8,14H,2,5-6,9-12H2,(H,29,31)(H,30,33,34). The molecular formula is C22H22F6N4O2. The highest BCUT2D eigenvalue weighted by molar-refractivity contribution is 5.99. The van der Waals surface area contributed by atoms with E-state index in [1.807, 2.05) is 0 Å². The molecule has 184 valence electrons. The second-order valence-electron chi connectivity index (χ2n) is 8.53. The van der Waals surface area contributed by atoms with Crippen LogP contribution in [0.25, 0.3) is 0 Å². The van der Waals surface area contributed by atoms with Crippen molar-refractivity contribution in [3.63, 3.8) is 0 Å². The van der Waals surface area contributed by atoms with Gasteiger partial charge in [-0.25, -0.2) is 9.79 Å². The van der Waals surface area contributed by atoms with Gasteiger partial charge in [-0.05, 0) is 24.8 Å². The van der Waals surface area contributed by atoms with Gasteiger partial charge in [0.05, 0.1) is 0 Å². The van der Waals surface area contributed by atoms with Gasteiger partial charge in [0, 0.05) is 12.5 Å². The first-order chi connectivity index (χ1) is 16.0. The number of amidine groups is 1. The fourth-order valence-electron chi connectivity index (χ4n) is 4.66. The molecule has 34 heavy (non-hydrogen) atoms. The Morgan fingerprint density at radius 2 is 1.59 bits per heavy atom. The van der Waals surface area contributed by atoms with E-state index in [-0.39, 0.29) is 13.0 Å². The summed E-state index contributed by atoms with van der Waals surface area (Å²) in [4.78, 5) is 29.9. The molecule has 0 amide bonds. The number of nitrogens with zero attached hydrogens (tertiary/aromatic N) is 2. The van der Waals surface area contributed by atoms with E-state index in [2.05, 4.69) is 10.3 Å². The SMILES string of the molecule is O=c1[nH]c(=O)n(CCc2ccccc2)c2c1C(C(F)(F)F)(C(F)(F)F)N=C(C1CCCCC1)N2. The molecule has 0 saturated heterocycles. The molecule has 0 atom stereocenters. The van der Waals surface area contributed by atoms with Crippen LogP contribution >= 0.6 is 0 Å². The average Bonchev–Trinajstić information content (AvgIpc) is 2.77. The first-order valence-corrected chi connectivity index (χ1v) is 10.9. The number of aryl methyl sites for hydroxylation is 1. The summed E-state index contributed by atoms with van der Waals surface area (Å²) in [5.74, 6) is -1.99. The highest BCUT2D eigenvalue weighted by Crippen LogP contribution is 2.55. The zero-order valence-electron chi connectivity index (χ0n) is 17.9. The Labute approximate surface area is 189 Å². The smallest absolute Gasteiger partial charge is 0.329 e. The van der Waals surface area contributed by atoms with Gasteiger partial charge in [-0.2, -0.15) is 26.3 Å². The van der Waals surface area contributed by atoms with Gasteiger partial charge in [0.15, 0.2) is 0 Å². The Morgan fingerprint density at radius 3 is 2.18 bits per heavy atom. The molecule has 0 spiro atoms. The van der Waals surface area contributed by atoms with E-state index < -0.39 is 52.3 Å². The molecule has 6 nitrogen and oxygen atoms in total. The number of aromatic nitrogens is 2. The number of rotatable bonds is 4. The molecule has 4 rings (SSSR count). The minimum Gasteiger partial charge on any atom is -0.329 e. The summed E-state index contributed by atoms with van der Waals surface area (Å²) in [7, 11) is 0. The topological polar surface area (TPSA) is 79.2 Å². The number of alkyl halides is 6. The molecule has 12 heteroatoms. The number of fused-ring (bicyclic) bond motifs is 1. The minimum absolute atomic E-state index is 0.141. The van der Waals surface area contributed by atoms with E-state index >= 15 is 0 Å². The number of anilines is 1. The molecular weight excluding hydrogens is 466 g/mol. The lowest BCUT2D eigenvalue weighted by molar-refractivity contribution is -0.301. The maximum absolute atomic E-state index is 14.3.